The van der Waals surface area contributed by atoms with Gasteiger partial charge in [0.05, 0.1) is 17.8 Å². The maximum atomic E-state index is 12.6. The van der Waals surface area contributed by atoms with Gasteiger partial charge in [0, 0.05) is 11.4 Å². The molecule has 3 amide bonds. The monoisotopic (exact) mass is 430 g/mol. The second-order valence-electron chi connectivity index (χ2n) is 6.19. The van der Waals surface area contributed by atoms with Gasteiger partial charge in [-0.05, 0) is 49.7 Å². The highest BCUT2D eigenvalue weighted by Crippen LogP contribution is 2.29. The van der Waals surface area contributed by atoms with Crippen molar-refractivity contribution in [1.29, 1.82) is 0 Å². The Morgan fingerprint density at radius 3 is 2.48 bits per heavy atom. The van der Waals surface area contributed by atoms with Gasteiger partial charge in [0.2, 0.25) is 0 Å². The first-order valence-electron chi connectivity index (χ1n) is 8.62. The molecule has 0 bridgehead atoms. The van der Waals surface area contributed by atoms with Gasteiger partial charge in [-0.2, -0.15) is 0 Å². The zero-order valence-corrected chi connectivity index (χ0v) is 17.6. The van der Waals surface area contributed by atoms with Crippen molar-refractivity contribution in [2.75, 3.05) is 23.1 Å². The van der Waals surface area contributed by atoms with Crippen LogP contribution in [-0.2, 0) is 0 Å². The largest absolute Gasteiger partial charge is 0.495 e. The molecule has 0 aliphatic heterocycles. The number of benzene rings is 2. The van der Waals surface area contributed by atoms with E-state index in [1.165, 1.54) is 7.11 Å². The molecule has 0 saturated heterocycles. The number of urea groups is 1. The zero-order chi connectivity index (χ0) is 21.0. The Balaban J connectivity index is 1.66. The SMILES string of the molecule is COc1ccc(NC(=O)c2sc(NC(=O)Nc3cccc(C)c3)nc2C)cc1Cl. The van der Waals surface area contributed by atoms with Crippen LogP contribution in [0.15, 0.2) is 42.5 Å². The van der Waals surface area contributed by atoms with E-state index in [2.05, 4.69) is 20.9 Å². The van der Waals surface area contributed by atoms with Gasteiger partial charge in [0.25, 0.3) is 5.91 Å². The zero-order valence-electron chi connectivity index (χ0n) is 16.0. The van der Waals surface area contributed by atoms with Crippen molar-refractivity contribution in [3.8, 4) is 5.75 Å². The van der Waals surface area contributed by atoms with Crippen LogP contribution in [-0.4, -0.2) is 24.0 Å². The van der Waals surface area contributed by atoms with Crippen molar-refractivity contribution in [1.82, 2.24) is 4.98 Å². The third kappa shape index (κ3) is 5.24. The minimum absolute atomic E-state index is 0.325. The Hall–Kier alpha value is -3.10. The predicted molar refractivity (Wildman–Crippen MR) is 117 cm³/mol. The summed E-state index contributed by atoms with van der Waals surface area (Å²) in [5.74, 6) is 0.179. The van der Waals surface area contributed by atoms with E-state index in [4.69, 9.17) is 16.3 Å². The standard InChI is InChI=1S/C20H19ClN4O3S/c1-11-5-4-6-13(9-11)24-19(27)25-20-22-12(2)17(29-20)18(26)23-14-7-8-16(28-3)15(21)10-14/h4-10H,1-3H3,(H,23,26)(H2,22,24,25,27). The topological polar surface area (TPSA) is 92.4 Å². The van der Waals surface area contributed by atoms with Gasteiger partial charge in [-0.1, -0.05) is 35.1 Å². The highest BCUT2D eigenvalue weighted by atomic mass is 35.5. The molecule has 3 aromatic rings. The summed E-state index contributed by atoms with van der Waals surface area (Å²) in [4.78, 5) is 29.4. The summed E-state index contributed by atoms with van der Waals surface area (Å²) in [5.41, 5.74) is 2.74. The average Bonchev–Trinajstić information content (AvgIpc) is 3.02. The maximum absolute atomic E-state index is 12.6. The van der Waals surface area contributed by atoms with E-state index in [0.717, 1.165) is 16.9 Å². The minimum Gasteiger partial charge on any atom is -0.495 e. The minimum atomic E-state index is -0.432. The highest BCUT2D eigenvalue weighted by Gasteiger charge is 2.17. The van der Waals surface area contributed by atoms with E-state index >= 15 is 0 Å². The number of anilines is 3. The first kappa shape index (κ1) is 20.6. The van der Waals surface area contributed by atoms with Crippen molar-refractivity contribution >= 4 is 51.4 Å². The van der Waals surface area contributed by atoms with E-state index in [-0.39, 0.29) is 5.91 Å². The molecular formula is C20H19ClN4O3S. The number of nitrogens with zero attached hydrogens (tertiary/aromatic N) is 1. The van der Waals surface area contributed by atoms with Crippen LogP contribution in [0.3, 0.4) is 0 Å². The second-order valence-corrected chi connectivity index (χ2v) is 7.59. The quantitative estimate of drug-likeness (QED) is 0.510. The van der Waals surface area contributed by atoms with Crippen LogP contribution in [0.4, 0.5) is 21.3 Å². The molecule has 0 unspecified atom stereocenters. The molecule has 1 aromatic heterocycles. The van der Waals surface area contributed by atoms with Crippen LogP contribution in [0.2, 0.25) is 5.02 Å². The maximum Gasteiger partial charge on any atom is 0.325 e. The average molecular weight is 431 g/mol. The smallest absolute Gasteiger partial charge is 0.325 e. The molecule has 0 atom stereocenters. The summed E-state index contributed by atoms with van der Waals surface area (Å²) in [6.07, 6.45) is 0. The second kappa shape index (κ2) is 8.93. The van der Waals surface area contributed by atoms with Gasteiger partial charge in [-0.15, -0.1) is 0 Å². The van der Waals surface area contributed by atoms with Crippen LogP contribution in [0.25, 0.3) is 0 Å². The van der Waals surface area contributed by atoms with Crippen LogP contribution in [0.1, 0.15) is 20.9 Å². The number of rotatable bonds is 5. The van der Waals surface area contributed by atoms with Gasteiger partial charge in [-0.25, -0.2) is 9.78 Å². The third-order valence-electron chi connectivity index (χ3n) is 3.91. The molecule has 0 saturated carbocycles. The summed E-state index contributed by atoms with van der Waals surface area (Å²) < 4.78 is 5.10. The number of thiazole rings is 1. The van der Waals surface area contributed by atoms with Crippen LogP contribution in [0, 0.1) is 13.8 Å². The molecule has 7 nitrogen and oxygen atoms in total. The molecule has 0 spiro atoms. The summed E-state index contributed by atoms with van der Waals surface area (Å²) in [7, 11) is 1.52. The summed E-state index contributed by atoms with van der Waals surface area (Å²) in [6.45, 7) is 3.64. The number of amides is 3. The van der Waals surface area contributed by atoms with Crippen molar-refractivity contribution in [3.05, 3.63) is 63.6 Å². The lowest BCUT2D eigenvalue weighted by atomic mass is 10.2. The molecule has 3 N–H and O–H groups in total. The lowest BCUT2D eigenvalue weighted by Gasteiger charge is -2.07. The van der Waals surface area contributed by atoms with Crippen LogP contribution >= 0.6 is 22.9 Å². The molecule has 0 aliphatic rings. The fourth-order valence-electron chi connectivity index (χ4n) is 2.57. The summed E-state index contributed by atoms with van der Waals surface area (Å²) in [6, 6.07) is 12.0. The number of carbonyl (C=O) groups is 2. The third-order valence-corrected chi connectivity index (χ3v) is 5.28. The van der Waals surface area contributed by atoms with E-state index in [9.17, 15) is 9.59 Å². The van der Waals surface area contributed by atoms with Crippen molar-refractivity contribution in [2.24, 2.45) is 0 Å². The Morgan fingerprint density at radius 1 is 1.03 bits per heavy atom. The Morgan fingerprint density at radius 2 is 1.79 bits per heavy atom. The van der Waals surface area contributed by atoms with Gasteiger partial charge >= 0.3 is 6.03 Å². The number of nitrogens with one attached hydrogen (secondary N) is 3. The molecule has 3 rings (SSSR count). The van der Waals surface area contributed by atoms with Gasteiger partial charge in [-0.3, -0.25) is 10.1 Å². The summed E-state index contributed by atoms with van der Waals surface area (Å²) in [5, 5.41) is 8.87. The number of hydrogen-bond donors (Lipinski definition) is 3. The lowest BCUT2D eigenvalue weighted by molar-refractivity contribution is 0.102. The Labute approximate surface area is 177 Å². The highest BCUT2D eigenvalue weighted by molar-refractivity contribution is 7.17. The predicted octanol–water partition coefficient (Wildman–Crippen LogP) is 5.32. The number of halogens is 1. The van der Waals surface area contributed by atoms with Gasteiger partial charge in [0.15, 0.2) is 5.13 Å². The van der Waals surface area contributed by atoms with Gasteiger partial charge < -0.3 is 15.4 Å². The number of ether oxygens (including phenoxy) is 1. The first-order valence-corrected chi connectivity index (χ1v) is 9.82. The molecule has 29 heavy (non-hydrogen) atoms. The van der Waals surface area contributed by atoms with Gasteiger partial charge in [0.1, 0.15) is 10.6 Å². The molecule has 150 valence electrons. The summed E-state index contributed by atoms with van der Waals surface area (Å²) >= 11 is 7.18. The molecule has 2 aromatic carbocycles. The van der Waals surface area contributed by atoms with E-state index in [1.807, 2.05) is 25.1 Å². The Bertz CT molecular complexity index is 1070. The molecule has 0 fully saturated rings. The van der Waals surface area contributed by atoms with Crippen molar-refractivity contribution in [2.45, 2.75) is 13.8 Å². The molecule has 0 aliphatic carbocycles. The number of aryl methyl sites for hydroxylation is 2. The van der Waals surface area contributed by atoms with E-state index < -0.39 is 6.03 Å². The number of aromatic nitrogens is 1. The number of hydrogen-bond acceptors (Lipinski definition) is 5. The van der Waals surface area contributed by atoms with E-state index in [0.29, 0.717) is 37.8 Å². The normalized spacial score (nSPS) is 10.3. The fraction of sp³-hybridized carbons (Fsp3) is 0.150. The lowest BCUT2D eigenvalue weighted by Crippen LogP contribution is -2.19. The molecule has 1 heterocycles. The molecule has 9 heteroatoms. The van der Waals surface area contributed by atoms with Crippen molar-refractivity contribution < 1.29 is 14.3 Å². The first-order chi connectivity index (χ1) is 13.9. The van der Waals surface area contributed by atoms with Crippen LogP contribution < -0.4 is 20.7 Å². The van der Waals surface area contributed by atoms with Crippen molar-refractivity contribution in [3.63, 3.8) is 0 Å². The van der Waals surface area contributed by atoms with E-state index in [1.54, 1.807) is 31.2 Å². The molecular weight excluding hydrogens is 412 g/mol. The number of carbonyl (C=O) groups excluding carboxylic acids is 2. The van der Waals surface area contributed by atoms with Crippen LogP contribution in [0.5, 0.6) is 5.75 Å². The fourth-order valence-corrected chi connectivity index (χ4v) is 3.69. The molecule has 0 radical (unpaired) electrons. The Kier molecular flexibility index (Phi) is 6.36. The number of methoxy groups -OCH3 is 1.